The number of hydrogen-bond acceptors (Lipinski definition) is 7. The van der Waals surface area contributed by atoms with Gasteiger partial charge in [0, 0.05) is 39.3 Å². The molecule has 2 aliphatic rings. The van der Waals surface area contributed by atoms with Gasteiger partial charge in [-0.05, 0) is 62.1 Å². The Kier molecular flexibility index (Phi) is 6.10. The van der Waals surface area contributed by atoms with Crippen LogP contribution < -0.4 is 14.5 Å². The highest BCUT2D eigenvalue weighted by atomic mass is 32.2. The van der Waals surface area contributed by atoms with E-state index in [1.807, 2.05) is 19.1 Å². The molecule has 1 aromatic heterocycles. The lowest BCUT2D eigenvalue weighted by Gasteiger charge is -2.34. The Morgan fingerprint density at radius 1 is 0.833 bits per heavy atom. The first-order chi connectivity index (χ1) is 14.5. The van der Waals surface area contributed by atoms with Crippen LogP contribution in [0.15, 0.2) is 35.2 Å². The van der Waals surface area contributed by atoms with Crippen LogP contribution >= 0.6 is 0 Å². The number of sulfonamides is 1. The van der Waals surface area contributed by atoms with Crippen LogP contribution in [0.4, 0.5) is 11.6 Å². The zero-order valence-corrected chi connectivity index (χ0v) is 18.4. The van der Waals surface area contributed by atoms with Crippen molar-refractivity contribution in [1.82, 2.24) is 14.5 Å². The number of nitrogens with zero attached hydrogens (tertiary/aromatic N) is 5. The van der Waals surface area contributed by atoms with Crippen molar-refractivity contribution in [1.29, 1.82) is 0 Å². The summed E-state index contributed by atoms with van der Waals surface area (Å²) in [7, 11) is -1.95. The molecule has 2 aliphatic heterocycles. The largest absolute Gasteiger partial charge is 0.496 e. The monoisotopic (exact) mass is 431 g/mol. The fourth-order valence-corrected chi connectivity index (χ4v) is 5.60. The molecule has 2 aromatic rings. The summed E-state index contributed by atoms with van der Waals surface area (Å²) in [6.07, 6.45) is 3.69. The van der Waals surface area contributed by atoms with Crippen LogP contribution in [0.1, 0.15) is 24.8 Å². The summed E-state index contributed by atoms with van der Waals surface area (Å²) in [5, 5.41) is 8.82. The Morgan fingerprint density at radius 2 is 1.43 bits per heavy atom. The maximum Gasteiger partial charge on any atom is 0.243 e. The summed E-state index contributed by atoms with van der Waals surface area (Å²) in [5.41, 5.74) is 0.807. The van der Waals surface area contributed by atoms with Gasteiger partial charge in [-0.1, -0.05) is 0 Å². The third-order valence-electron chi connectivity index (χ3n) is 5.88. The minimum absolute atomic E-state index is 0.305. The quantitative estimate of drug-likeness (QED) is 0.719. The molecule has 2 fully saturated rings. The van der Waals surface area contributed by atoms with E-state index in [4.69, 9.17) is 4.74 Å². The minimum Gasteiger partial charge on any atom is -0.496 e. The standard InChI is InChI=1S/C21H29N5O3S/c1-17-16-18(6-7-19(17)29-2)30(27,28)26-14-12-25(13-15-26)21-9-8-20(22-23-21)24-10-4-3-5-11-24/h6-9,16H,3-5,10-15H2,1-2H3. The zero-order chi connectivity index (χ0) is 21.1. The number of methoxy groups -OCH3 is 1. The number of hydrogen-bond donors (Lipinski definition) is 0. The highest BCUT2D eigenvalue weighted by Gasteiger charge is 2.29. The van der Waals surface area contributed by atoms with E-state index in [0.717, 1.165) is 30.3 Å². The molecular weight excluding hydrogens is 402 g/mol. The smallest absolute Gasteiger partial charge is 0.243 e. The molecule has 30 heavy (non-hydrogen) atoms. The predicted molar refractivity (Wildman–Crippen MR) is 117 cm³/mol. The van der Waals surface area contributed by atoms with Gasteiger partial charge in [-0.2, -0.15) is 4.31 Å². The van der Waals surface area contributed by atoms with Crippen molar-refractivity contribution in [2.45, 2.75) is 31.1 Å². The van der Waals surface area contributed by atoms with E-state index in [0.29, 0.717) is 36.8 Å². The molecule has 4 rings (SSSR count). The average Bonchev–Trinajstić information content (AvgIpc) is 2.80. The van der Waals surface area contributed by atoms with Crippen molar-refractivity contribution in [3.8, 4) is 5.75 Å². The lowest BCUT2D eigenvalue weighted by Crippen LogP contribution is -2.49. The summed E-state index contributed by atoms with van der Waals surface area (Å²) >= 11 is 0. The molecule has 0 spiro atoms. The molecule has 0 radical (unpaired) electrons. The topological polar surface area (TPSA) is 78.9 Å². The fourth-order valence-electron chi connectivity index (χ4n) is 4.10. The van der Waals surface area contributed by atoms with Gasteiger partial charge in [-0.3, -0.25) is 0 Å². The summed E-state index contributed by atoms with van der Waals surface area (Å²) < 4.78 is 32.8. The number of piperidine rings is 1. The van der Waals surface area contributed by atoms with Crippen LogP contribution in [-0.2, 0) is 10.0 Å². The van der Waals surface area contributed by atoms with Gasteiger partial charge in [0.05, 0.1) is 12.0 Å². The third-order valence-corrected chi connectivity index (χ3v) is 7.78. The van der Waals surface area contributed by atoms with Crippen LogP contribution in [-0.4, -0.2) is 69.3 Å². The maximum absolute atomic E-state index is 13.0. The molecule has 0 aliphatic carbocycles. The van der Waals surface area contributed by atoms with Gasteiger partial charge in [-0.25, -0.2) is 8.42 Å². The molecule has 1 aromatic carbocycles. The van der Waals surface area contributed by atoms with Crippen molar-refractivity contribution in [2.75, 3.05) is 56.2 Å². The molecule has 2 saturated heterocycles. The lowest BCUT2D eigenvalue weighted by atomic mass is 10.1. The Bertz CT molecular complexity index is 967. The summed E-state index contributed by atoms with van der Waals surface area (Å²) in [5.74, 6) is 2.41. The highest BCUT2D eigenvalue weighted by Crippen LogP contribution is 2.25. The van der Waals surface area contributed by atoms with Crippen LogP contribution in [0.5, 0.6) is 5.75 Å². The van der Waals surface area contributed by atoms with Crippen LogP contribution in [0.3, 0.4) is 0 Å². The van der Waals surface area contributed by atoms with Gasteiger partial charge < -0.3 is 14.5 Å². The molecule has 0 amide bonds. The van der Waals surface area contributed by atoms with Crippen molar-refractivity contribution in [2.24, 2.45) is 0 Å². The van der Waals surface area contributed by atoms with E-state index < -0.39 is 10.0 Å². The number of anilines is 2. The molecule has 0 atom stereocenters. The van der Waals surface area contributed by atoms with Crippen molar-refractivity contribution in [3.05, 3.63) is 35.9 Å². The van der Waals surface area contributed by atoms with E-state index in [2.05, 4.69) is 20.0 Å². The average molecular weight is 432 g/mol. The van der Waals surface area contributed by atoms with Crippen molar-refractivity contribution in [3.63, 3.8) is 0 Å². The number of piperazine rings is 1. The number of ether oxygens (including phenoxy) is 1. The van der Waals surface area contributed by atoms with E-state index in [1.165, 1.54) is 19.3 Å². The SMILES string of the molecule is COc1ccc(S(=O)(=O)N2CCN(c3ccc(N4CCCCC4)nn3)CC2)cc1C. The third kappa shape index (κ3) is 4.22. The molecule has 162 valence electrons. The molecule has 8 nitrogen and oxygen atoms in total. The fraction of sp³-hybridized carbons (Fsp3) is 0.524. The molecule has 0 N–H and O–H groups in total. The lowest BCUT2D eigenvalue weighted by molar-refractivity contribution is 0.383. The molecule has 3 heterocycles. The van der Waals surface area contributed by atoms with Gasteiger partial charge in [0.2, 0.25) is 10.0 Å². The van der Waals surface area contributed by atoms with Gasteiger partial charge >= 0.3 is 0 Å². The van der Waals surface area contributed by atoms with E-state index >= 15 is 0 Å². The second-order valence-corrected chi connectivity index (χ2v) is 9.76. The van der Waals surface area contributed by atoms with E-state index in [-0.39, 0.29) is 0 Å². The Labute approximate surface area is 178 Å². The Balaban J connectivity index is 1.40. The predicted octanol–water partition coefficient (Wildman–Crippen LogP) is 2.29. The van der Waals surface area contributed by atoms with Gasteiger partial charge in [0.1, 0.15) is 5.75 Å². The first-order valence-electron chi connectivity index (χ1n) is 10.5. The van der Waals surface area contributed by atoms with Gasteiger partial charge in [0.15, 0.2) is 11.6 Å². The number of benzene rings is 1. The van der Waals surface area contributed by atoms with Gasteiger partial charge in [0.25, 0.3) is 0 Å². The molecule has 9 heteroatoms. The molecule has 0 saturated carbocycles. The summed E-state index contributed by atoms with van der Waals surface area (Å²) in [6, 6.07) is 9.01. The van der Waals surface area contributed by atoms with E-state index in [9.17, 15) is 8.42 Å². The van der Waals surface area contributed by atoms with Crippen LogP contribution in [0.2, 0.25) is 0 Å². The minimum atomic E-state index is -3.53. The number of aromatic nitrogens is 2. The van der Waals surface area contributed by atoms with E-state index in [1.54, 1.807) is 29.6 Å². The highest BCUT2D eigenvalue weighted by molar-refractivity contribution is 7.89. The molecular formula is C21H29N5O3S. The normalized spacial score (nSPS) is 18.5. The van der Waals surface area contributed by atoms with Crippen molar-refractivity contribution < 1.29 is 13.2 Å². The summed E-state index contributed by atoms with van der Waals surface area (Å²) in [4.78, 5) is 4.68. The Morgan fingerprint density at radius 3 is 1.97 bits per heavy atom. The first-order valence-corrected chi connectivity index (χ1v) is 11.9. The first kappa shape index (κ1) is 20.9. The summed E-state index contributed by atoms with van der Waals surface area (Å²) in [6.45, 7) is 5.94. The second-order valence-electron chi connectivity index (χ2n) is 7.82. The maximum atomic E-state index is 13.0. The van der Waals surface area contributed by atoms with Gasteiger partial charge in [-0.15, -0.1) is 10.2 Å². The number of aryl methyl sites for hydroxylation is 1. The van der Waals surface area contributed by atoms with Crippen LogP contribution in [0, 0.1) is 6.92 Å². The van der Waals surface area contributed by atoms with Crippen LogP contribution in [0.25, 0.3) is 0 Å². The number of rotatable bonds is 5. The second kappa shape index (κ2) is 8.77. The Hall–Kier alpha value is -2.39. The van der Waals surface area contributed by atoms with Crippen molar-refractivity contribution >= 4 is 21.7 Å². The molecule has 0 bridgehead atoms. The zero-order valence-electron chi connectivity index (χ0n) is 17.6. The molecule has 0 unspecified atom stereocenters.